The van der Waals surface area contributed by atoms with Gasteiger partial charge in [-0.15, -0.1) is 0 Å². The van der Waals surface area contributed by atoms with Gasteiger partial charge in [-0.1, -0.05) is 0 Å². The van der Waals surface area contributed by atoms with E-state index in [4.69, 9.17) is 10.5 Å². The summed E-state index contributed by atoms with van der Waals surface area (Å²) in [5.41, 5.74) is -1.57. The quantitative estimate of drug-likeness (QED) is 0.668. The zero-order chi connectivity index (χ0) is 11.6. The number of nitriles is 2. The van der Waals surface area contributed by atoms with Gasteiger partial charge in [-0.25, -0.2) is 13.2 Å². The average Bonchev–Trinajstić information content (AvgIpc) is 2.23. The minimum Gasteiger partial charge on any atom is -0.206 e. The fourth-order valence-corrected chi connectivity index (χ4v) is 1.21. The Morgan fingerprint density at radius 3 is 2.13 bits per heavy atom. The van der Waals surface area contributed by atoms with Gasteiger partial charge < -0.3 is 0 Å². The third-order valence-corrected chi connectivity index (χ3v) is 2.01. The molecule has 1 aromatic carbocycles. The molecule has 0 amide bonds. The van der Waals surface area contributed by atoms with Crippen LogP contribution in [0.3, 0.4) is 0 Å². The molecule has 1 aromatic rings. The van der Waals surface area contributed by atoms with E-state index in [1.807, 2.05) is 0 Å². The summed E-state index contributed by atoms with van der Waals surface area (Å²) in [5, 5.41) is 16.8. The van der Waals surface area contributed by atoms with Crippen LogP contribution in [0.1, 0.15) is 16.7 Å². The van der Waals surface area contributed by atoms with Crippen molar-refractivity contribution in [1.29, 1.82) is 10.5 Å². The van der Waals surface area contributed by atoms with Gasteiger partial charge in [0.05, 0.1) is 18.1 Å². The van der Waals surface area contributed by atoms with Crippen LogP contribution < -0.4 is 0 Å². The van der Waals surface area contributed by atoms with Crippen LogP contribution in [0.25, 0.3) is 0 Å². The maximum Gasteiger partial charge on any atom is 0.177 e. The molecule has 0 spiro atoms. The lowest BCUT2D eigenvalue weighted by Gasteiger charge is -2.07. The van der Waals surface area contributed by atoms with Gasteiger partial charge in [0.1, 0.15) is 11.9 Å². The van der Waals surface area contributed by atoms with Crippen LogP contribution in [0.15, 0.2) is 0 Å². The van der Waals surface area contributed by atoms with E-state index >= 15 is 0 Å². The van der Waals surface area contributed by atoms with Gasteiger partial charge in [0.2, 0.25) is 0 Å². The second kappa shape index (κ2) is 4.02. The number of halogens is 3. The molecule has 0 saturated carbocycles. The Morgan fingerprint density at radius 2 is 1.67 bits per heavy atom. The maximum atomic E-state index is 13.4. The molecule has 15 heavy (non-hydrogen) atoms. The summed E-state index contributed by atoms with van der Waals surface area (Å²) in [6.07, 6.45) is -0.568. The lowest BCUT2D eigenvalue weighted by atomic mass is 10.0. The molecular weight excluding hydrogens is 205 g/mol. The highest BCUT2D eigenvalue weighted by molar-refractivity contribution is 5.43. The van der Waals surface area contributed by atoms with Gasteiger partial charge in [0.25, 0.3) is 0 Å². The van der Waals surface area contributed by atoms with Crippen molar-refractivity contribution in [2.24, 2.45) is 0 Å². The van der Waals surface area contributed by atoms with Crippen LogP contribution >= 0.6 is 0 Å². The molecule has 0 aromatic heterocycles. The second-order valence-electron chi connectivity index (χ2n) is 2.87. The van der Waals surface area contributed by atoms with E-state index in [0.29, 0.717) is 0 Å². The molecule has 0 atom stereocenters. The first kappa shape index (κ1) is 11.1. The molecule has 0 saturated heterocycles. The van der Waals surface area contributed by atoms with Crippen molar-refractivity contribution in [2.45, 2.75) is 13.3 Å². The third kappa shape index (κ3) is 1.64. The Labute approximate surface area is 84.2 Å². The SMILES string of the molecule is Cc1c(F)c(CC#N)c(F)c(F)c1C#N. The molecule has 0 unspecified atom stereocenters. The van der Waals surface area contributed by atoms with Crippen molar-refractivity contribution in [1.82, 2.24) is 0 Å². The smallest absolute Gasteiger partial charge is 0.177 e. The molecule has 76 valence electrons. The third-order valence-electron chi connectivity index (χ3n) is 2.01. The minimum absolute atomic E-state index is 0.276. The molecule has 0 aliphatic carbocycles. The highest BCUT2D eigenvalue weighted by Gasteiger charge is 2.22. The van der Waals surface area contributed by atoms with Crippen molar-refractivity contribution >= 4 is 0 Å². The van der Waals surface area contributed by atoms with E-state index in [0.717, 1.165) is 6.92 Å². The molecular formula is C10H5F3N2. The van der Waals surface area contributed by atoms with Crippen LogP contribution in [0, 0.1) is 47.0 Å². The van der Waals surface area contributed by atoms with Crippen LogP contribution in [0.5, 0.6) is 0 Å². The van der Waals surface area contributed by atoms with Crippen molar-refractivity contribution in [3.8, 4) is 12.1 Å². The van der Waals surface area contributed by atoms with Gasteiger partial charge in [0.15, 0.2) is 11.6 Å². The van der Waals surface area contributed by atoms with Gasteiger partial charge in [-0.2, -0.15) is 10.5 Å². The predicted octanol–water partition coefficient (Wildman–Crippen LogP) is 2.35. The molecule has 1 rings (SSSR count). The summed E-state index contributed by atoms with van der Waals surface area (Å²) in [5.74, 6) is -3.90. The zero-order valence-corrected chi connectivity index (χ0v) is 7.74. The highest BCUT2D eigenvalue weighted by Crippen LogP contribution is 2.24. The zero-order valence-electron chi connectivity index (χ0n) is 7.74. The predicted molar refractivity (Wildman–Crippen MR) is 45.1 cm³/mol. The molecule has 0 aliphatic rings. The van der Waals surface area contributed by atoms with E-state index in [2.05, 4.69) is 0 Å². The van der Waals surface area contributed by atoms with Crippen molar-refractivity contribution in [3.63, 3.8) is 0 Å². The first-order valence-corrected chi connectivity index (χ1v) is 3.97. The fraction of sp³-hybridized carbons (Fsp3) is 0.200. The number of nitrogens with zero attached hydrogens (tertiary/aromatic N) is 2. The number of hydrogen-bond acceptors (Lipinski definition) is 2. The van der Waals surface area contributed by atoms with Gasteiger partial charge in [0, 0.05) is 11.1 Å². The number of rotatable bonds is 1. The van der Waals surface area contributed by atoms with Crippen LogP contribution in [-0.2, 0) is 6.42 Å². The summed E-state index contributed by atoms with van der Waals surface area (Å²) in [6, 6.07) is 2.90. The Morgan fingerprint density at radius 1 is 1.07 bits per heavy atom. The summed E-state index contributed by atoms with van der Waals surface area (Å²) < 4.78 is 39.7. The largest absolute Gasteiger partial charge is 0.206 e. The lowest BCUT2D eigenvalue weighted by molar-refractivity contribution is 0.478. The molecule has 0 fully saturated rings. The molecule has 0 aliphatic heterocycles. The van der Waals surface area contributed by atoms with Gasteiger partial charge in [-0.3, -0.25) is 0 Å². The summed E-state index contributed by atoms with van der Waals surface area (Å²) in [7, 11) is 0. The fourth-order valence-electron chi connectivity index (χ4n) is 1.21. The molecule has 5 heteroatoms. The summed E-state index contributed by atoms with van der Waals surface area (Å²) in [6.45, 7) is 1.16. The standard InChI is InChI=1S/C10H5F3N2/c1-5-7(4-15)10(13)9(12)6(2-3-14)8(5)11/h2H2,1H3. The van der Waals surface area contributed by atoms with Gasteiger partial charge in [-0.05, 0) is 6.92 Å². The van der Waals surface area contributed by atoms with Gasteiger partial charge >= 0.3 is 0 Å². The van der Waals surface area contributed by atoms with Crippen molar-refractivity contribution in [3.05, 3.63) is 34.1 Å². The minimum atomic E-state index is -1.46. The van der Waals surface area contributed by atoms with Crippen molar-refractivity contribution < 1.29 is 13.2 Å². The topological polar surface area (TPSA) is 47.6 Å². The average molecular weight is 210 g/mol. The van der Waals surface area contributed by atoms with E-state index in [9.17, 15) is 13.2 Å². The van der Waals surface area contributed by atoms with Crippen LogP contribution in [0.2, 0.25) is 0 Å². The van der Waals surface area contributed by atoms with E-state index in [1.165, 1.54) is 12.1 Å². The van der Waals surface area contributed by atoms with E-state index in [1.54, 1.807) is 0 Å². The maximum absolute atomic E-state index is 13.4. The normalized spacial score (nSPS) is 9.47. The Bertz CT molecular complexity index is 466. The summed E-state index contributed by atoms with van der Waals surface area (Å²) >= 11 is 0. The Hall–Kier alpha value is -2.01. The van der Waals surface area contributed by atoms with E-state index < -0.39 is 35.0 Å². The lowest BCUT2D eigenvalue weighted by Crippen LogP contribution is -2.05. The second-order valence-corrected chi connectivity index (χ2v) is 2.87. The molecule has 2 nitrogen and oxygen atoms in total. The number of hydrogen-bond donors (Lipinski definition) is 0. The Kier molecular flexibility index (Phi) is 2.96. The van der Waals surface area contributed by atoms with Crippen LogP contribution in [-0.4, -0.2) is 0 Å². The molecule has 0 heterocycles. The Balaban J connectivity index is 3.62. The number of benzene rings is 1. The van der Waals surface area contributed by atoms with E-state index in [-0.39, 0.29) is 5.56 Å². The van der Waals surface area contributed by atoms with Crippen molar-refractivity contribution in [2.75, 3.05) is 0 Å². The molecule has 0 N–H and O–H groups in total. The first-order valence-electron chi connectivity index (χ1n) is 3.97. The monoisotopic (exact) mass is 210 g/mol. The summed E-state index contributed by atoms with van der Waals surface area (Å²) in [4.78, 5) is 0. The van der Waals surface area contributed by atoms with Crippen LogP contribution in [0.4, 0.5) is 13.2 Å². The first-order chi connectivity index (χ1) is 7.04. The molecule has 0 radical (unpaired) electrons. The molecule has 0 bridgehead atoms. The highest BCUT2D eigenvalue weighted by atomic mass is 19.2.